The Balaban J connectivity index is -0.00000143. The van der Waals surface area contributed by atoms with Crippen LogP contribution in [0.4, 0.5) is 0 Å². The predicted octanol–water partition coefficient (Wildman–Crippen LogP) is 11.6. The Morgan fingerprint density at radius 3 is 1.18 bits per heavy atom. The zero-order valence-electron chi connectivity index (χ0n) is 35.3. The van der Waals surface area contributed by atoms with Gasteiger partial charge in [0.05, 0.1) is 52.9 Å². The van der Waals surface area contributed by atoms with Crippen LogP contribution in [0, 0.1) is 0 Å². The van der Waals surface area contributed by atoms with Crippen LogP contribution in [0.1, 0.15) is 93.4 Å². The molecule has 0 aliphatic heterocycles. The van der Waals surface area contributed by atoms with Gasteiger partial charge in [0.1, 0.15) is 24.7 Å². The molecule has 0 fully saturated rings. The fourth-order valence-corrected chi connectivity index (χ4v) is 6.81. The summed E-state index contributed by atoms with van der Waals surface area (Å²) in [5.74, 6) is 8.36. The summed E-state index contributed by atoms with van der Waals surface area (Å²) in [7, 11) is -0.750. The van der Waals surface area contributed by atoms with Crippen molar-refractivity contribution >= 4 is 52.2 Å². The molecular weight excluding hydrogens is 777 g/mol. The van der Waals surface area contributed by atoms with Gasteiger partial charge < -0.3 is 42.6 Å². The van der Waals surface area contributed by atoms with Crippen LogP contribution >= 0.6 is 46.3 Å². The van der Waals surface area contributed by atoms with Gasteiger partial charge in [-0.3, -0.25) is 0 Å². The molecule has 0 radical (unpaired) electrons. The van der Waals surface area contributed by atoms with Gasteiger partial charge in [0.2, 0.25) is 0 Å². The van der Waals surface area contributed by atoms with Crippen molar-refractivity contribution in [2.75, 3.05) is 95.7 Å². The van der Waals surface area contributed by atoms with Crippen molar-refractivity contribution in [1.82, 2.24) is 0 Å². The third kappa shape index (κ3) is 45.6. The van der Waals surface area contributed by atoms with Gasteiger partial charge in [-0.15, -0.1) is 23.5 Å². The summed E-state index contributed by atoms with van der Waals surface area (Å²) in [6, 6.07) is 15.8. The van der Waals surface area contributed by atoms with E-state index in [0.717, 1.165) is 44.8 Å². The molecule has 0 amide bonds. The van der Waals surface area contributed by atoms with E-state index < -0.39 is 10.8 Å². The standard InChI is InChI=1S/C27H40O8S4.C9H20.C2H6O.2C2H6/c1-39(29)23-22-37-27-8-4-25(5-9-27)35-19-17-33-15-13-31-11-10-30-12-14-32-16-18-34-24-2-6-26(7-3-24)36-20-21-38-28;1-3-5-7-9-8-6-4-2;1-2-3;2*1-2/h2-9,28-29H,1,10-23H2;3-9H2,1-2H3;3H,2H2,1H3;2*1-2H3. The van der Waals surface area contributed by atoms with Crippen LogP contribution in [-0.2, 0) is 18.9 Å². The molecule has 0 spiro atoms. The topological polar surface area (TPSA) is 116 Å². The molecule has 2 aromatic carbocycles. The summed E-state index contributed by atoms with van der Waals surface area (Å²) in [5, 5.41) is 7.57. The zero-order chi connectivity index (χ0) is 41.5. The predicted molar refractivity (Wildman–Crippen MR) is 245 cm³/mol. The molecule has 0 aromatic heterocycles. The van der Waals surface area contributed by atoms with E-state index >= 15 is 0 Å². The Morgan fingerprint density at radius 2 is 0.855 bits per heavy atom. The number of unbranched alkanes of at least 4 members (excludes halogenated alkanes) is 6. The zero-order valence-corrected chi connectivity index (χ0v) is 38.6. The van der Waals surface area contributed by atoms with Gasteiger partial charge in [-0.25, -0.2) is 0 Å². The first-order valence-corrected chi connectivity index (χ1v) is 24.5. The van der Waals surface area contributed by atoms with E-state index in [-0.39, 0.29) is 6.61 Å². The lowest BCUT2D eigenvalue weighted by Crippen LogP contribution is -2.14. The minimum atomic E-state index is -0.750. The molecule has 2 rings (SSSR count). The van der Waals surface area contributed by atoms with E-state index in [1.165, 1.54) is 44.9 Å². The molecule has 9 nitrogen and oxygen atoms in total. The molecule has 1 atom stereocenters. The third-order valence-electron chi connectivity index (χ3n) is 6.49. The van der Waals surface area contributed by atoms with Crippen LogP contribution in [0.15, 0.2) is 58.3 Å². The molecule has 0 aliphatic carbocycles. The van der Waals surface area contributed by atoms with E-state index in [1.807, 2.05) is 76.2 Å². The molecule has 0 heterocycles. The van der Waals surface area contributed by atoms with Crippen LogP contribution < -0.4 is 9.47 Å². The molecular formula is C42H78O9S4. The molecule has 0 aliphatic rings. The molecule has 3 N–H and O–H groups in total. The van der Waals surface area contributed by atoms with Crippen LogP contribution in [0.25, 0.3) is 0 Å². The monoisotopic (exact) mass is 854 g/mol. The lowest BCUT2D eigenvalue weighted by atomic mass is 10.1. The van der Waals surface area contributed by atoms with Crippen molar-refractivity contribution in [3.05, 3.63) is 48.5 Å². The maximum atomic E-state index is 9.23. The molecule has 55 heavy (non-hydrogen) atoms. The van der Waals surface area contributed by atoms with E-state index in [1.54, 1.807) is 30.4 Å². The van der Waals surface area contributed by atoms with E-state index in [9.17, 15) is 4.55 Å². The van der Waals surface area contributed by atoms with Gasteiger partial charge in [-0.1, -0.05) is 103 Å². The second-order valence-electron chi connectivity index (χ2n) is 10.9. The molecule has 0 saturated heterocycles. The summed E-state index contributed by atoms with van der Waals surface area (Å²) in [6.07, 6.45) is 9.97. The number of hydrogen-bond acceptors (Lipinski definition) is 12. The summed E-state index contributed by atoms with van der Waals surface area (Å²) in [4.78, 5) is 2.30. The summed E-state index contributed by atoms with van der Waals surface area (Å²) >= 11 is 4.26. The first-order valence-electron chi connectivity index (χ1n) is 20.1. The van der Waals surface area contributed by atoms with Crippen molar-refractivity contribution in [3.8, 4) is 11.5 Å². The van der Waals surface area contributed by atoms with Crippen LogP contribution in [0.5, 0.6) is 11.5 Å². The smallest absolute Gasteiger partial charge is 0.119 e. The van der Waals surface area contributed by atoms with Gasteiger partial charge in [-0.2, -0.15) is 0 Å². The highest BCUT2D eigenvalue weighted by Crippen LogP contribution is 2.23. The number of aliphatic hydroxyl groups excluding tert-OH is 1. The Kier molecular flexibility index (Phi) is 54.2. The fourth-order valence-electron chi connectivity index (χ4n) is 3.95. The van der Waals surface area contributed by atoms with Crippen molar-refractivity contribution < 1.29 is 42.6 Å². The minimum Gasteiger partial charge on any atom is -0.491 e. The molecule has 0 bridgehead atoms. The Morgan fingerprint density at radius 1 is 0.527 bits per heavy atom. The molecule has 0 saturated carbocycles. The largest absolute Gasteiger partial charge is 0.491 e. The van der Waals surface area contributed by atoms with Crippen LogP contribution in [0.3, 0.4) is 0 Å². The molecule has 2 aromatic rings. The Bertz CT molecular complexity index is 998. The third-order valence-corrected chi connectivity index (χ3v) is 10.1. The van der Waals surface area contributed by atoms with Crippen LogP contribution in [-0.4, -0.2) is 116 Å². The SMILES string of the molecule is C=S(O)CCSc1ccc(OCCOCCOCCOCCOCCOc2ccc(SCCSO)cc2)cc1.CC.CC.CCCCCCCCC.CCO. The van der Waals surface area contributed by atoms with Crippen molar-refractivity contribution in [2.24, 2.45) is 0 Å². The average Bonchev–Trinajstić information content (AvgIpc) is 3.21. The molecule has 324 valence electrons. The van der Waals surface area contributed by atoms with Crippen molar-refractivity contribution in [1.29, 1.82) is 0 Å². The normalized spacial score (nSPS) is 10.7. The van der Waals surface area contributed by atoms with E-state index in [2.05, 4.69) is 19.7 Å². The number of hydrogen-bond donors (Lipinski definition) is 3. The number of thioether (sulfide) groups is 2. The van der Waals surface area contributed by atoms with Crippen molar-refractivity contribution in [2.45, 2.75) is 103 Å². The highest BCUT2D eigenvalue weighted by atomic mass is 32.2. The number of rotatable bonds is 31. The number of aliphatic hydroxyl groups is 1. The second-order valence-corrected chi connectivity index (χ2v) is 15.2. The first kappa shape index (κ1) is 58.3. The molecule has 13 heteroatoms. The summed E-state index contributed by atoms with van der Waals surface area (Å²) < 4.78 is 51.4. The number of ether oxygens (including phenoxy) is 6. The Labute approximate surface area is 352 Å². The van der Waals surface area contributed by atoms with Crippen LogP contribution in [0.2, 0.25) is 0 Å². The molecule has 1 unspecified atom stereocenters. The average molecular weight is 855 g/mol. The van der Waals surface area contributed by atoms with Gasteiger partial charge >= 0.3 is 0 Å². The first-order chi connectivity index (χ1) is 27.0. The number of benzene rings is 2. The highest BCUT2D eigenvalue weighted by molar-refractivity contribution is 8.10. The second kappa shape index (κ2) is 51.0. The van der Waals surface area contributed by atoms with Gasteiger partial charge in [0.15, 0.2) is 0 Å². The van der Waals surface area contributed by atoms with Crippen molar-refractivity contribution in [3.63, 3.8) is 0 Å². The summed E-state index contributed by atoms with van der Waals surface area (Å²) in [5.41, 5.74) is 0. The maximum absolute atomic E-state index is 9.23. The summed E-state index contributed by atoms with van der Waals surface area (Å²) in [6.45, 7) is 19.5. The van der Waals surface area contributed by atoms with Gasteiger partial charge in [0.25, 0.3) is 0 Å². The quantitative estimate of drug-likeness (QED) is 0.0290. The lowest BCUT2D eigenvalue weighted by Gasteiger charge is -2.09. The fraction of sp³-hybridized carbons (Fsp3) is 0.690. The van der Waals surface area contributed by atoms with E-state index in [0.29, 0.717) is 77.6 Å². The highest BCUT2D eigenvalue weighted by Gasteiger charge is 2.00. The Hall–Kier alpha value is -0.970. The lowest BCUT2D eigenvalue weighted by molar-refractivity contribution is -0.00699. The minimum absolute atomic E-state index is 0.250. The van der Waals surface area contributed by atoms with Gasteiger partial charge in [-0.05, 0) is 67.5 Å². The van der Waals surface area contributed by atoms with E-state index in [4.69, 9.17) is 38.1 Å². The van der Waals surface area contributed by atoms with Gasteiger partial charge in [0, 0.05) is 39.4 Å². The maximum Gasteiger partial charge on any atom is 0.119 e.